The molecule has 1 saturated carbocycles. The van der Waals surface area contributed by atoms with Gasteiger partial charge in [0.15, 0.2) is 11.5 Å². The highest BCUT2D eigenvalue weighted by Gasteiger charge is 2.23. The molecule has 22 heavy (non-hydrogen) atoms. The van der Waals surface area contributed by atoms with Crippen molar-refractivity contribution in [2.75, 3.05) is 18.5 Å². The number of hydrogen-bond acceptors (Lipinski definition) is 5. The Balaban J connectivity index is 2.10. The van der Waals surface area contributed by atoms with Gasteiger partial charge in [-0.15, -0.1) is 0 Å². The molecule has 1 fully saturated rings. The van der Waals surface area contributed by atoms with Crippen LogP contribution in [-0.4, -0.2) is 37.8 Å². The van der Waals surface area contributed by atoms with E-state index in [1.165, 1.54) is 12.8 Å². The molecular formula is C15H23N5O2. The van der Waals surface area contributed by atoms with Gasteiger partial charge in [-0.1, -0.05) is 19.8 Å². The summed E-state index contributed by atoms with van der Waals surface area (Å²) in [5.74, 6) is 1.89. The number of anilines is 1. The lowest BCUT2D eigenvalue weighted by Gasteiger charge is -2.08. The van der Waals surface area contributed by atoms with Crippen LogP contribution in [0.3, 0.4) is 0 Å². The number of aromatic amines is 1. The monoisotopic (exact) mass is 305 g/mol. The zero-order valence-corrected chi connectivity index (χ0v) is 12.9. The number of aromatic nitrogens is 4. The number of aliphatic hydroxyl groups is 1. The van der Waals surface area contributed by atoms with Crippen molar-refractivity contribution in [3.05, 3.63) is 16.3 Å². The van der Waals surface area contributed by atoms with Crippen molar-refractivity contribution in [1.29, 1.82) is 0 Å². The summed E-state index contributed by atoms with van der Waals surface area (Å²) in [6, 6.07) is 0. The number of rotatable bonds is 6. The van der Waals surface area contributed by atoms with E-state index in [1.807, 2.05) is 6.92 Å². The van der Waals surface area contributed by atoms with Gasteiger partial charge in [0.1, 0.15) is 11.3 Å². The Labute approximate surface area is 128 Å². The predicted octanol–water partition coefficient (Wildman–Crippen LogP) is 1.59. The third kappa shape index (κ3) is 2.72. The van der Waals surface area contributed by atoms with Gasteiger partial charge in [-0.25, -0.2) is 9.78 Å². The van der Waals surface area contributed by atoms with E-state index in [1.54, 1.807) is 4.57 Å². The number of fused-ring (bicyclic) bond motifs is 1. The maximum Gasteiger partial charge on any atom is 0.351 e. The molecule has 0 aliphatic heterocycles. The molecule has 0 unspecified atom stereocenters. The van der Waals surface area contributed by atoms with Gasteiger partial charge in [-0.2, -0.15) is 4.98 Å². The number of aryl methyl sites for hydroxylation is 1. The minimum absolute atomic E-state index is 0.00909. The molecule has 1 aliphatic rings. The average molecular weight is 305 g/mol. The van der Waals surface area contributed by atoms with E-state index in [2.05, 4.69) is 15.3 Å². The molecule has 3 rings (SSSR count). The summed E-state index contributed by atoms with van der Waals surface area (Å²) in [5, 5.41) is 12.0. The molecule has 2 aromatic rings. The van der Waals surface area contributed by atoms with Gasteiger partial charge in [0.2, 0.25) is 0 Å². The summed E-state index contributed by atoms with van der Waals surface area (Å²) in [6.45, 7) is 2.99. The topological polar surface area (TPSA) is 95.8 Å². The summed E-state index contributed by atoms with van der Waals surface area (Å²) < 4.78 is 1.63. The lowest BCUT2D eigenvalue weighted by Crippen LogP contribution is -2.25. The number of imidazole rings is 1. The molecule has 0 aromatic carbocycles. The van der Waals surface area contributed by atoms with E-state index in [4.69, 9.17) is 10.1 Å². The zero-order chi connectivity index (χ0) is 15.5. The molecule has 2 heterocycles. The van der Waals surface area contributed by atoms with Crippen molar-refractivity contribution in [2.24, 2.45) is 0 Å². The number of hydrogen-bond donors (Lipinski definition) is 3. The second-order valence-corrected chi connectivity index (χ2v) is 5.85. The Hall–Kier alpha value is -1.89. The third-order valence-corrected chi connectivity index (χ3v) is 4.23. The van der Waals surface area contributed by atoms with E-state index < -0.39 is 0 Å². The van der Waals surface area contributed by atoms with Crippen molar-refractivity contribution < 1.29 is 5.11 Å². The predicted molar refractivity (Wildman–Crippen MR) is 85.2 cm³/mol. The van der Waals surface area contributed by atoms with Crippen LogP contribution in [0.5, 0.6) is 0 Å². The lowest BCUT2D eigenvalue weighted by atomic mass is 10.1. The molecule has 0 radical (unpaired) electrons. The molecule has 0 bridgehead atoms. The summed E-state index contributed by atoms with van der Waals surface area (Å²) in [4.78, 5) is 24.4. The molecule has 3 N–H and O–H groups in total. The van der Waals surface area contributed by atoms with Gasteiger partial charge in [-0.3, -0.25) is 4.57 Å². The fourth-order valence-electron chi connectivity index (χ4n) is 3.16. The Bertz CT molecular complexity index is 700. The zero-order valence-electron chi connectivity index (χ0n) is 12.9. The lowest BCUT2D eigenvalue weighted by molar-refractivity contribution is 0.311. The largest absolute Gasteiger partial charge is 0.395 e. The van der Waals surface area contributed by atoms with Crippen molar-refractivity contribution >= 4 is 17.0 Å². The Morgan fingerprint density at radius 3 is 2.82 bits per heavy atom. The number of nitrogens with zero attached hydrogens (tertiary/aromatic N) is 3. The Morgan fingerprint density at radius 2 is 2.14 bits per heavy atom. The SMILES string of the molecule is CCCn1c(=O)nc(NCCO)c2[nH]c(C3CCCC3)nc21. The van der Waals surface area contributed by atoms with E-state index in [-0.39, 0.29) is 12.3 Å². The van der Waals surface area contributed by atoms with Crippen LogP contribution in [0.15, 0.2) is 4.79 Å². The minimum Gasteiger partial charge on any atom is -0.395 e. The second-order valence-electron chi connectivity index (χ2n) is 5.85. The average Bonchev–Trinajstić information content (AvgIpc) is 3.16. The number of nitrogens with one attached hydrogen (secondary N) is 2. The van der Waals surface area contributed by atoms with E-state index in [0.29, 0.717) is 30.5 Å². The molecule has 1 aliphatic carbocycles. The van der Waals surface area contributed by atoms with Gasteiger partial charge in [-0.05, 0) is 19.3 Å². The van der Waals surface area contributed by atoms with Gasteiger partial charge < -0.3 is 15.4 Å². The summed E-state index contributed by atoms with van der Waals surface area (Å²) in [6.07, 6.45) is 5.61. The number of H-pyrrole nitrogens is 1. The van der Waals surface area contributed by atoms with Crippen LogP contribution < -0.4 is 11.0 Å². The standard InChI is InChI=1S/C15H23N5O2/c1-2-8-20-14-11(13(16-7-9-21)19-15(20)22)17-12(18-14)10-5-3-4-6-10/h10,21H,2-9H2,1H3,(H,17,18)(H,16,19,22). The van der Waals surface area contributed by atoms with Crippen LogP contribution in [0, 0.1) is 0 Å². The molecular weight excluding hydrogens is 282 g/mol. The quantitative estimate of drug-likeness (QED) is 0.753. The molecule has 120 valence electrons. The summed E-state index contributed by atoms with van der Waals surface area (Å²) >= 11 is 0. The van der Waals surface area contributed by atoms with E-state index >= 15 is 0 Å². The van der Waals surface area contributed by atoms with Crippen molar-refractivity contribution in [2.45, 2.75) is 51.5 Å². The van der Waals surface area contributed by atoms with E-state index in [0.717, 1.165) is 30.6 Å². The van der Waals surface area contributed by atoms with E-state index in [9.17, 15) is 4.79 Å². The Morgan fingerprint density at radius 1 is 1.36 bits per heavy atom. The van der Waals surface area contributed by atoms with Gasteiger partial charge in [0.25, 0.3) is 0 Å². The first-order valence-electron chi connectivity index (χ1n) is 8.09. The fraction of sp³-hybridized carbons (Fsp3) is 0.667. The Kier molecular flexibility index (Phi) is 4.42. The van der Waals surface area contributed by atoms with Gasteiger partial charge >= 0.3 is 5.69 Å². The highest BCUT2D eigenvalue weighted by molar-refractivity contribution is 5.83. The molecule has 0 amide bonds. The molecule has 7 heteroatoms. The van der Waals surface area contributed by atoms with Crippen LogP contribution in [0.25, 0.3) is 11.2 Å². The first-order valence-corrected chi connectivity index (χ1v) is 8.09. The first-order chi connectivity index (χ1) is 10.7. The summed E-state index contributed by atoms with van der Waals surface area (Å²) in [7, 11) is 0. The molecule has 0 saturated heterocycles. The minimum atomic E-state index is -0.292. The number of aliphatic hydroxyl groups excluding tert-OH is 1. The first kappa shape index (κ1) is 15.0. The molecule has 7 nitrogen and oxygen atoms in total. The summed E-state index contributed by atoms with van der Waals surface area (Å²) in [5.41, 5.74) is 1.15. The van der Waals surface area contributed by atoms with Crippen LogP contribution in [0.1, 0.15) is 50.8 Å². The fourth-order valence-corrected chi connectivity index (χ4v) is 3.16. The van der Waals surface area contributed by atoms with Crippen LogP contribution in [0.4, 0.5) is 5.82 Å². The van der Waals surface area contributed by atoms with Gasteiger partial charge in [0, 0.05) is 19.0 Å². The molecule has 2 aromatic heterocycles. The highest BCUT2D eigenvalue weighted by atomic mass is 16.3. The van der Waals surface area contributed by atoms with Crippen LogP contribution in [0.2, 0.25) is 0 Å². The highest BCUT2D eigenvalue weighted by Crippen LogP contribution is 2.33. The molecule has 0 spiro atoms. The third-order valence-electron chi connectivity index (χ3n) is 4.23. The van der Waals surface area contributed by atoms with Crippen molar-refractivity contribution in [3.63, 3.8) is 0 Å². The maximum atomic E-state index is 12.2. The van der Waals surface area contributed by atoms with Crippen molar-refractivity contribution in [3.8, 4) is 0 Å². The second kappa shape index (κ2) is 6.48. The van der Waals surface area contributed by atoms with Crippen LogP contribution >= 0.6 is 0 Å². The normalized spacial score (nSPS) is 15.7. The van der Waals surface area contributed by atoms with Crippen LogP contribution in [-0.2, 0) is 6.54 Å². The van der Waals surface area contributed by atoms with Crippen molar-refractivity contribution in [1.82, 2.24) is 19.5 Å². The smallest absolute Gasteiger partial charge is 0.351 e. The molecule has 0 atom stereocenters. The maximum absolute atomic E-state index is 12.2. The van der Waals surface area contributed by atoms with Gasteiger partial charge in [0.05, 0.1) is 6.61 Å².